The number of nitrogens with zero attached hydrogens (tertiary/aromatic N) is 3. The van der Waals surface area contributed by atoms with Gasteiger partial charge in [0.2, 0.25) is 5.52 Å². The molecule has 0 atom stereocenters. The molecule has 90 valence electrons. The van der Waals surface area contributed by atoms with Crippen molar-refractivity contribution in [1.29, 1.82) is 0 Å². The van der Waals surface area contributed by atoms with Gasteiger partial charge in [0.1, 0.15) is 0 Å². The van der Waals surface area contributed by atoms with E-state index in [9.17, 15) is 28.5 Å². The Morgan fingerprint density at radius 1 is 1.41 bits per heavy atom. The summed E-state index contributed by atoms with van der Waals surface area (Å²) >= 11 is 0. The zero-order valence-corrected chi connectivity index (χ0v) is 7.76. The highest BCUT2D eigenvalue weighted by molar-refractivity contribution is 5.82. The first-order valence-corrected chi connectivity index (χ1v) is 4.06. The van der Waals surface area contributed by atoms with Crippen molar-refractivity contribution in [3.05, 3.63) is 33.0 Å². The van der Waals surface area contributed by atoms with Crippen molar-refractivity contribution < 1.29 is 27.6 Å². The molecule has 0 aliphatic heterocycles. The molecule has 10 heteroatoms. The monoisotopic (exact) mass is 249 g/mol. The van der Waals surface area contributed by atoms with E-state index in [1.165, 1.54) is 0 Å². The zero-order valence-electron chi connectivity index (χ0n) is 7.76. The van der Waals surface area contributed by atoms with Crippen molar-refractivity contribution in [3.63, 3.8) is 0 Å². The molecule has 0 aliphatic carbocycles. The smallest absolute Gasteiger partial charge is 0.359 e. The van der Waals surface area contributed by atoms with Crippen LogP contribution in [0.25, 0.3) is 11.0 Å². The highest BCUT2D eigenvalue weighted by Gasteiger charge is 2.36. The van der Waals surface area contributed by atoms with Crippen LogP contribution in [0.2, 0.25) is 0 Å². The summed E-state index contributed by atoms with van der Waals surface area (Å²) in [6.45, 7) is 0. The Kier molecular flexibility index (Phi) is 2.16. The van der Waals surface area contributed by atoms with E-state index >= 15 is 0 Å². The predicted molar refractivity (Wildman–Crippen MR) is 44.6 cm³/mol. The Labute approximate surface area is 89.7 Å². The van der Waals surface area contributed by atoms with Crippen molar-refractivity contribution >= 4 is 16.7 Å². The predicted octanol–water partition coefficient (Wildman–Crippen LogP) is 1.39. The molecule has 2 aromatic rings. The van der Waals surface area contributed by atoms with Crippen LogP contribution in [0, 0.1) is 15.3 Å². The van der Waals surface area contributed by atoms with Crippen LogP contribution in [0.5, 0.6) is 0 Å². The molecule has 1 aromatic heterocycles. The van der Waals surface area contributed by atoms with Gasteiger partial charge in [-0.1, -0.05) is 0 Å². The third-order valence-electron chi connectivity index (χ3n) is 2.00. The molecule has 0 amide bonds. The largest absolute Gasteiger partial charge is 0.416 e. The Balaban J connectivity index is 2.83. The Morgan fingerprint density at radius 2 is 2.06 bits per heavy atom. The van der Waals surface area contributed by atoms with E-state index in [2.05, 4.69) is 9.79 Å². The molecule has 2 rings (SSSR count). The maximum absolute atomic E-state index is 12.4. The lowest BCUT2D eigenvalue weighted by Gasteiger charge is -2.04. The van der Waals surface area contributed by atoms with Crippen LogP contribution in [0.1, 0.15) is 5.56 Å². The molecule has 17 heavy (non-hydrogen) atoms. The second-order valence-corrected chi connectivity index (χ2v) is 3.05. The number of fused-ring (bicyclic) bond motifs is 1. The second kappa shape index (κ2) is 3.30. The molecule has 0 fully saturated rings. The summed E-state index contributed by atoms with van der Waals surface area (Å²) in [5.41, 5.74) is -3.43. The van der Waals surface area contributed by atoms with Gasteiger partial charge >= 0.3 is 17.4 Å². The van der Waals surface area contributed by atoms with Gasteiger partial charge in [0.25, 0.3) is 0 Å². The number of hydrogen-bond acceptors (Lipinski definition) is 5. The lowest BCUT2D eigenvalue weighted by Crippen LogP contribution is -2.23. The molecular formula is C7H2F3N3O4. The summed E-state index contributed by atoms with van der Waals surface area (Å²) < 4.78 is 41.2. The first-order valence-electron chi connectivity index (χ1n) is 4.06. The number of aromatic nitrogens is 2. The van der Waals surface area contributed by atoms with Crippen molar-refractivity contribution in [2.24, 2.45) is 0 Å². The molecule has 0 unspecified atom stereocenters. The molecule has 0 N–H and O–H groups in total. The third kappa shape index (κ3) is 1.73. The number of halogens is 3. The Hall–Kier alpha value is -2.39. The van der Waals surface area contributed by atoms with Crippen molar-refractivity contribution in [3.8, 4) is 0 Å². The summed E-state index contributed by atoms with van der Waals surface area (Å²) in [5, 5.41) is 24.5. The molecular weight excluding hydrogens is 247 g/mol. The number of alkyl halides is 3. The van der Waals surface area contributed by atoms with E-state index in [1.807, 2.05) is 0 Å². The van der Waals surface area contributed by atoms with Crippen LogP contribution in [0.4, 0.5) is 18.9 Å². The quantitative estimate of drug-likeness (QED) is 0.432. The van der Waals surface area contributed by atoms with Crippen LogP contribution < -0.4 is 4.90 Å². The van der Waals surface area contributed by atoms with Gasteiger partial charge in [-0.05, 0) is 4.90 Å². The molecule has 0 saturated carbocycles. The maximum Gasteiger partial charge on any atom is 0.416 e. The number of rotatable bonds is 1. The highest BCUT2D eigenvalue weighted by atomic mass is 19.4. The van der Waals surface area contributed by atoms with Crippen molar-refractivity contribution in [2.75, 3.05) is 0 Å². The molecule has 0 spiro atoms. The molecule has 0 aliphatic rings. The van der Waals surface area contributed by atoms with Crippen LogP contribution >= 0.6 is 0 Å². The molecule has 1 aromatic carbocycles. The minimum atomic E-state index is -4.80. The summed E-state index contributed by atoms with van der Waals surface area (Å²) in [6.07, 6.45) is -4.80. The van der Waals surface area contributed by atoms with E-state index in [0.717, 1.165) is 0 Å². The van der Waals surface area contributed by atoms with Gasteiger partial charge in [0.15, 0.2) is 0 Å². The number of nitro groups is 1. The molecule has 0 saturated heterocycles. The topological polar surface area (TPSA) is 96.1 Å². The average molecular weight is 249 g/mol. The standard InChI is InChI=1S/C7H2F3N3O4/c8-7(9,10)3-1-4(12(14)15)6-5(2-3)13(16)17-11-6/h1-2H. The first kappa shape index (κ1) is 11.1. The van der Waals surface area contributed by atoms with Gasteiger partial charge < -0.3 is 5.21 Å². The average Bonchev–Trinajstić information content (AvgIpc) is 2.58. The van der Waals surface area contributed by atoms with E-state index < -0.39 is 33.4 Å². The van der Waals surface area contributed by atoms with Crippen LogP contribution in [-0.4, -0.2) is 10.1 Å². The minimum absolute atomic E-state index is 0.296. The SMILES string of the molecule is O=[N+]([O-])c1cc(C(F)(F)F)cc2c1no[n+]2[O-]. The third-order valence-corrected chi connectivity index (χ3v) is 2.00. The number of nitro benzene ring substituents is 1. The summed E-state index contributed by atoms with van der Waals surface area (Å²) in [5.74, 6) is 0. The fourth-order valence-electron chi connectivity index (χ4n) is 1.26. The maximum atomic E-state index is 12.4. The first-order chi connectivity index (χ1) is 7.80. The lowest BCUT2D eigenvalue weighted by molar-refractivity contribution is -0.782. The van der Waals surface area contributed by atoms with Gasteiger partial charge in [-0.25, -0.2) is 0 Å². The normalized spacial score (nSPS) is 11.9. The molecule has 0 radical (unpaired) electrons. The fraction of sp³-hybridized carbons (Fsp3) is 0.143. The summed E-state index contributed by atoms with van der Waals surface area (Å²) in [4.78, 5) is 9.16. The Bertz CT molecular complexity index is 606. The zero-order chi connectivity index (χ0) is 12.8. The van der Waals surface area contributed by atoms with Gasteiger partial charge in [-0.2, -0.15) is 13.2 Å². The molecule has 0 bridgehead atoms. The number of benzene rings is 1. The lowest BCUT2D eigenvalue weighted by atomic mass is 10.1. The van der Waals surface area contributed by atoms with Gasteiger partial charge in [0, 0.05) is 12.1 Å². The van der Waals surface area contributed by atoms with E-state index in [0.29, 0.717) is 12.1 Å². The van der Waals surface area contributed by atoms with E-state index in [4.69, 9.17) is 0 Å². The summed E-state index contributed by atoms with van der Waals surface area (Å²) in [7, 11) is 0. The minimum Gasteiger partial charge on any atom is -0.359 e. The van der Waals surface area contributed by atoms with Gasteiger partial charge in [-0.3, -0.25) is 14.7 Å². The van der Waals surface area contributed by atoms with Crippen LogP contribution in [-0.2, 0) is 6.18 Å². The van der Waals surface area contributed by atoms with Crippen LogP contribution in [0.3, 0.4) is 0 Å². The molecule has 7 nitrogen and oxygen atoms in total. The number of hydrogen-bond donors (Lipinski definition) is 0. The van der Waals surface area contributed by atoms with Gasteiger partial charge in [0.05, 0.1) is 15.6 Å². The Morgan fingerprint density at radius 3 is 2.59 bits per heavy atom. The second-order valence-electron chi connectivity index (χ2n) is 3.05. The van der Waals surface area contributed by atoms with Crippen LogP contribution in [0.15, 0.2) is 16.8 Å². The highest BCUT2D eigenvalue weighted by Crippen LogP contribution is 2.34. The fourth-order valence-corrected chi connectivity index (χ4v) is 1.26. The summed E-state index contributed by atoms with van der Waals surface area (Å²) in [6, 6.07) is 0.733. The van der Waals surface area contributed by atoms with E-state index in [-0.39, 0.29) is 4.90 Å². The molecule has 1 heterocycles. The van der Waals surface area contributed by atoms with Gasteiger partial charge in [-0.15, -0.1) is 0 Å². The number of non-ortho nitro benzene ring substituents is 1. The van der Waals surface area contributed by atoms with E-state index in [1.54, 1.807) is 0 Å². The van der Waals surface area contributed by atoms with Crippen molar-refractivity contribution in [2.45, 2.75) is 6.18 Å². The van der Waals surface area contributed by atoms with Crippen molar-refractivity contribution in [1.82, 2.24) is 5.16 Å².